The van der Waals surface area contributed by atoms with Gasteiger partial charge in [-0.2, -0.15) is 0 Å². The molecule has 0 bridgehead atoms. The maximum absolute atomic E-state index is 13.2. The van der Waals surface area contributed by atoms with Gasteiger partial charge in [-0.1, -0.05) is 42.0 Å². The second-order valence-corrected chi connectivity index (χ2v) is 7.11. The molecular weight excluding hydrogens is 343 g/mol. The molecule has 0 saturated carbocycles. The van der Waals surface area contributed by atoms with E-state index in [1.807, 2.05) is 36.1 Å². The van der Waals surface area contributed by atoms with Crippen molar-refractivity contribution in [2.45, 2.75) is 26.3 Å². The lowest BCUT2D eigenvalue weighted by Gasteiger charge is -2.20. The summed E-state index contributed by atoms with van der Waals surface area (Å²) in [5.41, 5.74) is 3.57. The molecule has 0 atom stereocenters. The molecule has 0 aliphatic carbocycles. The number of carbonyl (C=O) groups excluding carboxylic acids is 2. The number of hydrogen-bond acceptors (Lipinski definition) is 3. The molecule has 0 spiro atoms. The predicted octanol–water partition coefficient (Wildman–Crippen LogP) is 3.51. The first-order valence-electron chi connectivity index (χ1n) is 9.21. The topological polar surface area (TPSA) is 40.6 Å². The molecule has 2 aromatic carbocycles. The second-order valence-electron chi connectivity index (χ2n) is 7.11. The van der Waals surface area contributed by atoms with Crippen LogP contribution in [0.2, 0.25) is 0 Å². The summed E-state index contributed by atoms with van der Waals surface area (Å²) >= 11 is 0. The minimum absolute atomic E-state index is 0.144. The first kappa shape index (κ1) is 17.5. The molecule has 0 radical (unpaired) electrons. The summed E-state index contributed by atoms with van der Waals surface area (Å²) in [5.74, 6) is -0.883. The van der Waals surface area contributed by atoms with E-state index in [9.17, 15) is 14.0 Å². The zero-order chi connectivity index (χ0) is 19.0. The molecule has 4 rings (SSSR count). The predicted molar refractivity (Wildman–Crippen MR) is 101 cm³/mol. The average Bonchev–Trinajstić information content (AvgIpc) is 3.26. The second kappa shape index (κ2) is 6.99. The lowest BCUT2D eigenvalue weighted by Crippen LogP contribution is -2.34. The van der Waals surface area contributed by atoms with E-state index in [1.165, 1.54) is 17.0 Å². The molecular formula is C22H21FN2O2. The van der Waals surface area contributed by atoms with Crippen LogP contribution in [0.25, 0.3) is 5.57 Å². The van der Waals surface area contributed by atoms with Crippen LogP contribution in [-0.2, 0) is 16.1 Å². The number of likely N-dealkylation sites (tertiary alicyclic amines) is 1. The Balaban J connectivity index is 1.72. The first-order valence-corrected chi connectivity index (χ1v) is 9.21. The maximum Gasteiger partial charge on any atom is 0.278 e. The Morgan fingerprint density at radius 3 is 2.15 bits per heavy atom. The van der Waals surface area contributed by atoms with Crippen molar-refractivity contribution in [1.29, 1.82) is 0 Å². The Hall–Kier alpha value is -2.95. The van der Waals surface area contributed by atoms with Gasteiger partial charge in [0.25, 0.3) is 11.8 Å². The number of amides is 2. The summed E-state index contributed by atoms with van der Waals surface area (Å²) in [7, 11) is 0. The molecule has 2 aromatic rings. The van der Waals surface area contributed by atoms with E-state index in [-0.39, 0.29) is 24.2 Å². The summed E-state index contributed by atoms with van der Waals surface area (Å²) in [6, 6.07) is 13.6. The van der Waals surface area contributed by atoms with Gasteiger partial charge in [0, 0.05) is 13.1 Å². The molecule has 2 aliphatic heterocycles. The number of benzene rings is 2. The monoisotopic (exact) mass is 364 g/mol. The molecule has 4 nitrogen and oxygen atoms in total. The lowest BCUT2D eigenvalue weighted by molar-refractivity contribution is -0.138. The van der Waals surface area contributed by atoms with Crippen molar-refractivity contribution in [3.05, 3.63) is 76.7 Å². The average molecular weight is 364 g/mol. The van der Waals surface area contributed by atoms with Crippen LogP contribution in [0.3, 0.4) is 0 Å². The van der Waals surface area contributed by atoms with E-state index in [0.717, 1.165) is 42.6 Å². The van der Waals surface area contributed by atoms with Gasteiger partial charge in [0.05, 0.1) is 12.1 Å². The van der Waals surface area contributed by atoms with E-state index in [1.54, 1.807) is 12.1 Å². The van der Waals surface area contributed by atoms with Gasteiger partial charge in [0.1, 0.15) is 11.5 Å². The summed E-state index contributed by atoms with van der Waals surface area (Å²) in [6.07, 6.45) is 2.04. The molecule has 2 amide bonds. The molecule has 2 aliphatic rings. The zero-order valence-electron chi connectivity index (χ0n) is 15.2. The van der Waals surface area contributed by atoms with Gasteiger partial charge in [-0.3, -0.25) is 14.5 Å². The molecule has 27 heavy (non-hydrogen) atoms. The third-order valence-electron chi connectivity index (χ3n) is 5.16. The third kappa shape index (κ3) is 3.25. The fraction of sp³-hybridized carbons (Fsp3) is 0.273. The van der Waals surface area contributed by atoms with Crippen LogP contribution in [0.15, 0.2) is 54.2 Å². The molecule has 1 fully saturated rings. The highest BCUT2D eigenvalue weighted by atomic mass is 19.1. The number of nitrogens with zero attached hydrogens (tertiary/aromatic N) is 2. The van der Waals surface area contributed by atoms with Crippen LogP contribution >= 0.6 is 0 Å². The van der Waals surface area contributed by atoms with Gasteiger partial charge in [0.15, 0.2) is 0 Å². The van der Waals surface area contributed by atoms with Gasteiger partial charge in [-0.05, 0) is 43.0 Å². The van der Waals surface area contributed by atoms with Crippen molar-refractivity contribution in [2.24, 2.45) is 0 Å². The van der Waals surface area contributed by atoms with Gasteiger partial charge >= 0.3 is 0 Å². The van der Waals surface area contributed by atoms with Crippen LogP contribution in [0.4, 0.5) is 4.39 Å². The minimum atomic E-state index is -0.339. The largest absolute Gasteiger partial charge is 0.366 e. The molecule has 138 valence electrons. The fourth-order valence-corrected chi connectivity index (χ4v) is 3.69. The smallest absolute Gasteiger partial charge is 0.278 e. The van der Waals surface area contributed by atoms with E-state index in [4.69, 9.17) is 0 Å². The quantitative estimate of drug-likeness (QED) is 0.780. The molecule has 1 saturated heterocycles. The van der Waals surface area contributed by atoms with Crippen molar-refractivity contribution in [3.8, 4) is 0 Å². The van der Waals surface area contributed by atoms with E-state index >= 15 is 0 Å². The summed E-state index contributed by atoms with van der Waals surface area (Å²) in [6.45, 7) is 3.70. The van der Waals surface area contributed by atoms with Crippen molar-refractivity contribution in [3.63, 3.8) is 0 Å². The van der Waals surface area contributed by atoms with E-state index < -0.39 is 0 Å². The van der Waals surface area contributed by atoms with Gasteiger partial charge in [0.2, 0.25) is 0 Å². The van der Waals surface area contributed by atoms with Gasteiger partial charge in [-0.15, -0.1) is 0 Å². The Kier molecular flexibility index (Phi) is 4.52. The number of imide groups is 1. The van der Waals surface area contributed by atoms with E-state index in [2.05, 4.69) is 0 Å². The number of aryl methyl sites for hydroxylation is 1. The highest BCUT2D eigenvalue weighted by Crippen LogP contribution is 2.34. The molecule has 0 N–H and O–H groups in total. The lowest BCUT2D eigenvalue weighted by atomic mass is 10.0. The Morgan fingerprint density at radius 1 is 0.889 bits per heavy atom. The summed E-state index contributed by atoms with van der Waals surface area (Å²) < 4.78 is 13.2. The Bertz CT molecular complexity index is 910. The minimum Gasteiger partial charge on any atom is -0.366 e. The Labute approximate surface area is 157 Å². The number of halogens is 1. The number of carbonyl (C=O) groups is 2. The van der Waals surface area contributed by atoms with Gasteiger partial charge in [-0.25, -0.2) is 4.39 Å². The third-order valence-corrected chi connectivity index (χ3v) is 5.16. The molecule has 2 heterocycles. The number of rotatable bonds is 4. The van der Waals surface area contributed by atoms with Crippen LogP contribution in [0.1, 0.15) is 29.5 Å². The van der Waals surface area contributed by atoms with Crippen LogP contribution in [0.5, 0.6) is 0 Å². The van der Waals surface area contributed by atoms with Crippen molar-refractivity contribution in [1.82, 2.24) is 9.80 Å². The van der Waals surface area contributed by atoms with Crippen molar-refractivity contribution >= 4 is 17.4 Å². The highest BCUT2D eigenvalue weighted by molar-refractivity contribution is 6.35. The molecule has 5 heteroatoms. The Morgan fingerprint density at radius 2 is 1.52 bits per heavy atom. The normalized spacial score (nSPS) is 17.4. The number of hydrogen-bond donors (Lipinski definition) is 0. The van der Waals surface area contributed by atoms with Crippen LogP contribution < -0.4 is 0 Å². The highest BCUT2D eigenvalue weighted by Gasteiger charge is 2.41. The van der Waals surface area contributed by atoms with E-state index in [0.29, 0.717) is 11.3 Å². The summed E-state index contributed by atoms with van der Waals surface area (Å²) in [4.78, 5) is 29.6. The molecule has 0 unspecified atom stereocenters. The maximum atomic E-state index is 13.2. The van der Waals surface area contributed by atoms with Crippen molar-refractivity contribution < 1.29 is 14.0 Å². The summed E-state index contributed by atoms with van der Waals surface area (Å²) in [5, 5.41) is 0. The zero-order valence-corrected chi connectivity index (χ0v) is 15.2. The van der Waals surface area contributed by atoms with Gasteiger partial charge < -0.3 is 4.90 Å². The van der Waals surface area contributed by atoms with Crippen LogP contribution in [-0.4, -0.2) is 34.7 Å². The SMILES string of the molecule is Cc1ccc(C2=C(N3CCCC3)C(=O)N(Cc3ccc(F)cc3)C2=O)cc1. The first-order chi connectivity index (χ1) is 13.0. The fourth-order valence-electron chi connectivity index (χ4n) is 3.69. The van der Waals surface area contributed by atoms with Crippen molar-refractivity contribution in [2.75, 3.05) is 13.1 Å². The molecule has 0 aromatic heterocycles. The standard InChI is InChI=1S/C22H21FN2O2/c1-15-4-8-17(9-5-15)19-20(24-12-2-3-13-24)22(27)25(21(19)26)14-16-6-10-18(23)11-7-16/h4-11H,2-3,12-14H2,1H3. The van der Waals surface area contributed by atoms with Crippen LogP contribution in [0, 0.1) is 12.7 Å².